The van der Waals surface area contributed by atoms with E-state index in [0.717, 1.165) is 5.69 Å². The highest BCUT2D eigenvalue weighted by atomic mass is 32.5. The van der Waals surface area contributed by atoms with Gasteiger partial charge in [-0.2, -0.15) is 0 Å². The Hall–Kier alpha value is -1.19. The van der Waals surface area contributed by atoms with Gasteiger partial charge in [-0.3, -0.25) is 0 Å². The number of likely N-dealkylation sites (N-methyl/N-ethyl adjacent to an activating group) is 1. The zero-order chi connectivity index (χ0) is 14.9. The SMILES string of the molecule is C[C@H]1[C@@H](c2ccccc2)O[P@](=S)(Nc2ccccc2)N1C. The molecule has 0 radical (unpaired) electrons. The fraction of sp³-hybridized carbons (Fsp3) is 0.250. The Morgan fingerprint density at radius 3 is 2.24 bits per heavy atom. The maximum Gasteiger partial charge on any atom is 0.226 e. The molecular weight excluding hydrogens is 299 g/mol. The number of para-hydroxylation sites is 1. The molecule has 1 aliphatic rings. The van der Waals surface area contributed by atoms with Crippen molar-refractivity contribution in [2.24, 2.45) is 0 Å². The van der Waals surface area contributed by atoms with E-state index in [1.165, 1.54) is 5.56 Å². The van der Waals surface area contributed by atoms with Gasteiger partial charge in [-0.15, -0.1) is 0 Å². The summed E-state index contributed by atoms with van der Waals surface area (Å²) in [6.45, 7) is -0.0790. The minimum absolute atomic E-state index is 0.0123. The fourth-order valence-electron chi connectivity index (χ4n) is 2.52. The lowest BCUT2D eigenvalue weighted by atomic mass is 10.0. The summed E-state index contributed by atoms with van der Waals surface area (Å²) in [5, 5.41) is 3.43. The highest BCUT2D eigenvalue weighted by Gasteiger charge is 2.43. The third-order valence-corrected chi connectivity index (χ3v) is 7.42. The third-order valence-electron chi connectivity index (χ3n) is 3.87. The smallest absolute Gasteiger partial charge is 0.226 e. The molecule has 3 nitrogen and oxygen atoms in total. The Labute approximate surface area is 131 Å². The molecule has 1 aliphatic heterocycles. The van der Waals surface area contributed by atoms with Crippen LogP contribution in [0.25, 0.3) is 0 Å². The minimum atomic E-state index is -2.24. The topological polar surface area (TPSA) is 24.5 Å². The predicted octanol–water partition coefficient (Wildman–Crippen LogP) is 4.41. The molecule has 2 aromatic rings. The molecule has 0 aliphatic carbocycles. The lowest BCUT2D eigenvalue weighted by molar-refractivity contribution is 0.217. The number of anilines is 1. The van der Waals surface area contributed by atoms with Crippen molar-refractivity contribution in [3.63, 3.8) is 0 Å². The fourth-order valence-corrected chi connectivity index (χ4v) is 5.60. The lowest BCUT2D eigenvalue weighted by Gasteiger charge is -2.25. The van der Waals surface area contributed by atoms with Crippen LogP contribution in [-0.4, -0.2) is 17.8 Å². The van der Waals surface area contributed by atoms with Crippen LogP contribution in [0.3, 0.4) is 0 Å². The summed E-state index contributed by atoms with van der Waals surface area (Å²) in [6, 6.07) is 20.6. The Kier molecular flexibility index (Phi) is 4.14. The van der Waals surface area contributed by atoms with E-state index in [9.17, 15) is 0 Å². The molecule has 2 aromatic carbocycles. The zero-order valence-electron chi connectivity index (χ0n) is 12.1. The van der Waals surface area contributed by atoms with E-state index in [-0.39, 0.29) is 12.1 Å². The van der Waals surface area contributed by atoms with Crippen molar-refractivity contribution >= 4 is 24.1 Å². The molecule has 0 spiro atoms. The van der Waals surface area contributed by atoms with Crippen LogP contribution in [0.15, 0.2) is 60.7 Å². The van der Waals surface area contributed by atoms with Crippen molar-refractivity contribution in [3.8, 4) is 0 Å². The molecule has 1 N–H and O–H groups in total. The van der Waals surface area contributed by atoms with Gasteiger partial charge in [0.05, 0.1) is 0 Å². The van der Waals surface area contributed by atoms with Gasteiger partial charge in [0.15, 0.2) is 0 Å². The number of nitrogens with one attached hydrogen (secondary N) is 1. The second-order valence-electron chi connectivity index (χ2n) is 5.25. The van der Waals surface area contributed by atoms with Crippen LogP contribution >= 0.6 is 6.57 Å². The van der Waals surface area contributed by atoms with Crippen LogP contribution in [0.5, 0.6) is 0 Å². The van der Waals surface area contributed by atoms with E-state index in [1.807, 2.05) is 55.6 Å². The van der Waals surface area contributed by atoms with Crippen LogP contribution < -0.4 is 5.09 Å². The number of hydrogen-bond acceptors (Lipinski definition) is 2. The van der Waals surface area contributed by atoms with Gasteiger partial charge in [0.1, 0.15) is 6.10 Å². The largest absolute Gasteiger partial charge is 0.325 e. The van der Waals surface area contributed by atoms with Gasteiger partial charge in [-0.05, 0) is 43.5 Å². The van der Waals surface area contributed by atoms with Crippen molar-refractivity contribution in [1.29, 1.82) is 0 Å². The number of nitrogens with zero attached hydrogens (tertiary/aromatic N) is 1. The first-order valence-electron chi connectivity index (χ1n) is 7.00. The van der Waals surface area contributed by atoms with Gasteiger partial charge in [-0.25, -0.2) is 4.67 Å². The highest BCUT2D eigenvalue weighted by molar-refractivity contribution is 8.11. The monoisotopic (exact) mass is 318 g/mol. The Bertz CT molecular complexity index is 650. The zero-order valence-corrected chi connectivity index (χ0v) is 13.9. The van der Waals surface area contributed by atoms with Crippen LogP contribution in [0.1, 0.15) is 18.6 Å². The van der Waals surface area contributed by atoms with Crippen LogP contribution in [0.2, 0.25) is 0 Å². The first-order valence-corrected chi connectivity index (χ1v) is 9.67. The summed E-state index contributed by atoms with van der Waals surface area (Å²) < 4.78 is 8.48. The number of benzene rings is 2. The quantitative estimate of drug-likeness (QED) is 0.847. The molecule has 0 saturated carbocycles. The summed E-state index contributed by atoms with van der Waals surface area (Å²) >= 11 is 5.83. The van der Waals surface area contributed by atoms with Gasteiger partial charge >= 0.3 is 0 Å². The van der Waals surface area contributed by atoms with Crippen molar-refractivity contribution in [3.05, 3.63) is 66.2 Å². The van der Waals surface area contributed by atoms with Gasteiger partial charge < -0.3 is 9.61 Å². The number of rotatable bonds is 3. The van der Waals surface area contributed by atoms with Crippen molar-refractivity contribution in [2.45, 2.75) is 19.1 Å². The standard InChI is InChI=1S/C16H19N2OPS/c1-13-16(14-9-5-3-6-10-14)19-20(21,18(13)2)17-15-11-7-4-8-12-15/h3-13,16H,1-2H3,(H,17,21)/t13-,16-,20-/m0/s1. The van der Waals surface area contributed by atoms with Crippen LogP contribution in [-0.2, 0) is 16.3 Å². The van der Waals surface area contributed by atoms with Crippen LogP contribution in [0, 0.1) is 0 Å². The van der Waals surface area contributed by atoms with Gasteiger partial charge in [0.25, 0.3) is 0 Å². The van der Waals surface area contributed by atoms with E-state index >= 15 is 0 Å². The Balaban J connectivity index is 1.86. The van der Waals surface area contributed by atoms with Gasteiger partial charge in [-0.1, -0.05) is 48.5 Å². The lowest BCUT2D eigenvalue weighted by Crippen LogP contribution is -2.24. The molecule has 1 heterocycles. The summed E-state index contributed by atoms with van der Waals surface area (Å²) in [5.74, 6) is 0. The molecule has 0 bridgehead atoms. The van der Waals surface area contributed by atoms with E-state index in [0.29, 0.717) is 0 Å². The maximum absolute atomic E-state index is 6.30. The predicted molar refractivity (Wildman–Crippen MR) is 91.8 cm³/mol. The first-order chi connectivity index (χ1) is 10.1. The second-order valence-corrected chi connectivity index (χ2v) is 8.84. The maximum atomic E-state index is 6.30. The second kappa shape index (κ2) is 5.90. The molecule has 5 heteroatoms. The third kappa shape index (κ3) is 2.90. The van der Waals surface area contributed by atoms with Gasteiger partial charge in [0, 0.05) is 11.7 Å². The van der Waals surface area contributed by atoms with E-state index in [2.05, 4.69) is 28.8 Å². The molecule has 3 atom stereocenters. The molecular formula is C16H19N2OPS. The number of hydrogen-bond donors (Lipinski definition) is 1. The van der Waals surface area contributed by atoms with Crippen molar-refractivity contribution in [1.82, 2.24) is 4.67 Å². The van der Waals surface area contributed by atoms with Crippen molar-refractivity contribution in [2.75, 3.05) is 12.1 Å². The van der Waals surface area contributed by atoms with E-state index < -0.39 is 6.57 Å². The normalized spacial score (nSPS) is 29.4. The van der Waals surface area contributed by atoms with E-state index in [1.54, 1.807) is 0 Å². The molecule has 0 unspecified atom stereocenters. The summed E-state index contributed by atoms with van der Waals surface area (Å²) in [5.41, 5.74) is 2.19. The Morgan fingerprint density at radius 1 is 1.05 bits per heavy atom. The average molecular weight is 318 g/mol. The molecule has 21 heavy (non-hydrogen) atoms. The molecule has 3 rings (SSSR count). The average Bonchev–Trinajstić information content (AvgIpc) is 2.74. The summed E-state index contributed by atoms with van der Waals surface area (Å²) in [4.78, 5) is 0. The molecule has 1 fully saturated rings. The van der Waals surface area contributed by atoms with Crippen LogP contribution in [0.4, 0.5) is 5.69 Å². The molecule has 1 saturated heterocycles. The highest BCUT2D eigenvalue weighted by Crippen LogP contribution is 2.61. The summed E-state index contributed by atoms with van der Waals surface area (Å²) in [6.07, 6.45) is 0.0123. The van der Waals surface area contributed by atoms with E-state index in [4.69, 9.17) is 16.3 Å². The first kappa shape index (κ1) is 14.7. The van der Waals surface area contributed by atoms with Crippen molar-refractivity contribution < 1.29 is 4.52 Å². The Morgan fingerprint density at radius 2 is 1.62 bits per heavy atom. The molecule has 0 aromatic heterocycles. The minimum Gasteiger partial charge on any atom is -0.325 e. The molecule has 0 amide bonds. The molecule has 110 valence electrons. The summed E-state index contributed by atoms with van der Waals surface area (Å²) in [7, 11) is 2.05. The van der Waals surface area contributed by atoms with Gasteiger partial charge in [0.2, 0.25) is 6.57 Å².